The molecule has 4 nitrogen and oxygen atoms in total. The Morgan fingerprint density at radius 1 is 1.42 bits per heavy atom. The molecule has 2 rings (SSSR count). The van der Waals surface area contributed by atoms with Crippen molar-refractivity contribution < 1.29 is 4.79 Å². The van der Waals surface area contributed by atoms with Crippen LogP contribution >= 0.6 is 11.6 Å². The van der Waals surface area contributed by atoms with Crippen LogP contribution in [0, 0.1) is 6.92 Å². The van der Waals surface area contributed by atoms with Crippen molar-refractivity contribution in [3.8, 4) is 5.69 Å². The molecule has 0 aliphatic heterocycles. The van der Waals surface area contributed by atoms with E-state index in [1.807, 2.05) is 32.0 Å². The molecule has 0 fully saturated rings. The summed E-state index contributed by atoms with van der Waals surface area (Å²) in [5.41, 5.74) is 2.16. The van der Waals surface area contributed by atoms with Crippen molar-refractivity contribution >= 4 is 17.5 Å². The van der Waals surface area contributed by atoms with Crippen molar-refractivity contribution in [2.45, 2.75) is 20.3 Å². The Kier molecular flexibility index (Phi) is 4.22. The number of halogens is 1. The quantitative estimate of drug-likeness (QED) is 0.934. The Balaban J connectivity index is 2.29. The van der Waals surface area contributed by atoms with Crippen molar-refractivity contribution in [2.24, 2.45) is 0 Å². The third-order valence-electron chi connectivity index (χ3n) is 2.71. The van der Waals surface area contributed by atoms with Gasteiger partial charge in [-0.1, -0.05) is 24.6 Å². The van der Waals surface area contributed by atoms with Crippen LogP contribution in [-0.4, -0.2) is 22.2 Å². The van der Waals surface area contributed by atoms with Crippen LogP contribution in [0.25, 0.3) is 5.69 Å². The fraction of sp³-hybridized carbons (Fsp3) is 0.286. The van der Waals surface area contributed by atoms with Crippen LogP contribution in [0.15, 0.2) is 30.3 Å². The number of aromatic nitrogens is 2. The van der Waals surface area contributed by atoms with Gasteiger partial charge in [0.25, 0.3) is 5.91 Å². The molecule has 5 heteroatoms. The largest absolute Gasteiger partial charge is 0.351 e. The number of rotatable bonds is 4. The number of nitrogens with zero attached hydrogens (tertiary/aromatic N) is 2. The summed E-state index contributed by atoms with van der Waals surface area (Å²) in [5.74, 6) is -0.147. The summed E-state index contributed by atoms with van der Waals surface area (Å²) < 4.78 is 1.72. The predicted molar refractivity (Wildman–Crippen MR) is 75.9 cm³/mol. The van der Waals surface area contributed by atoms with Gasteiger partial charge in [-0.05, 0) is 37.6 Å². The molecule has 0 bridgehead atoms. The molecule has 0 saturated carbocycles. The number of carbonyl (C=O) groups is 1. The normalized spacial score (nSPS) is 10.5. The maximum atomic E-state index is 11.9. The van der Waals surface area contributed by atoms with Crippen molar-refractivity contribution in [1.29, 1.82) is 0 Å². The van der Waals surface area contributed by atoms with E-state index in [4.69, 9.17) is 11.6 Å². The van der Waals surface area contributed by atoms with E-state index < -0.39 is 0 Å². The molecule has 0 unspecified atom stereocenters. The summed E-state index contributed by atoms with van der Waals surface area (Å²) >= 11 is 5.96. The summed E-state index contributed by atoms with van der Waals surface area (Å²) in [6.07, 6.45) is 0.903. The summed E-state index contributed by atoms with van der Waals surface area (Å²) in [6.45, 7) is 4.57. The fourth-order valence-corrected chi connectivity index (χ4v) is 1.97. The molecule has 1 aromatic heterocycles. The van der Waals surface area contributed by atoms with E-state index in [9.17, 15) is 4.79 Å². The molecule has 100 valence electrons. The first-order valence-corrected chi connectivity index (χ1v) is 6.60. The molecule has 0 aliphatic rings. The number of aryl methyl sites for hydroxylation is 1. The van der Waals surface area contributed by atoms with Crippen LogP contribution in [-0.2, 0) is 0 Å². The minimum Gasteiger partial charge on any atom is -0.351 e. The molecule has 0 saturated heterocycles. The van der Waals surface area contributed by atoms with Gasteiger partial charge in [0.05, 0.1) is 5.69 Å². The molecular weight excluding hydrogens is 262 g/mol. The second-order valence-corrected chi connectivity index (χ2v) is 4.75. The zero-order valence-corrected chi connectivity index (χ0v) is 11.7. The molecule has 0 atom stereocenters. The average Bonchev–Trinajstić information content (AvgIpc) is 2.78. The maximum absolute atomic E-state index is 11.9. The number of amides is 1. The van der Waals surface area contributed by atoms with Gasteiger partial charge in [0.15, 0.2) is 5.69 Å². The van der Waals surface area contributed by atoms with Crippen molar-refractivity contribution in [3.63, 3.8) is 0 Å². The van der Waals surface area contributed by atoms with Gasteiger partial charge in [0.1, 0.15) is 0 Å². The highest BCUT2D eigenvalue weighted by atomic mass is 35.5. The van der Waals surface area contributed by atoms with Gasteiger partial charge in [0.2, 0.25) is 0 Å². The van der Waals surface area contributed by atoms with E-state index in [2.05, 4.69) is 10.4 Å². The van der Waals surface area contributed by atoms with Crippen LogP contribution in [0.2, 0.25) is 5.02 Å². The smallest absolute Gasteiger partial charge is 0.271 e. The van der Waals surface area contributed by atoms with E-state index >= 15 is 0 Å². The Hall–Kier alpha value is -1.81. The highest BCUT2D eigenvalue weighted by Gasteiger charge is 2.12. The van der Waals surface area contributed by atoms with E-state index in [0.717, 1.165) is 17.8 Å². The van der Waals surface area contributed by atoms with Gasteiger partial charge in [-0.3, -0.25) is 4.79 Å². The second kappa shape index (κ2) is 5.89. The van der Waals surface area contributed by atoms with Gasteiger partial charge < -0.3 is 5.32 Å². The molecule has 1 N–H and O–H groups in total. The van der Waals surface area contributed by atoms with Gasteiger partial charge in [0, 0.05) is 17.3 Å². The lowest BCUT2D eigenvalue weighted by Gasteiger charge is -2.04. The minimum atomic E-state index is -0.147. The summed E-state index contributed by atoms with van der Waals surface area (Å²) in [5, 5.41) is 7.77. The van der Waals surface area contributed by atoms with Crippen molar-refractivity contribution in [3.05, 3.63) is 46.7 Å². The lowest BCUT2D eigenvalue weighted by Crippen LogP contribution is -2.24. The monoisotopic (exact) mass is 277 g/mol. The Morgan fingerprint density at radius 2 is 2.21 bits per heavy atom. The third kappa shape index (κ3) is 3.15. The standard InChI is InChI=1S/C14H16ClN3O/c1-3-7-16-14(19)13-8-10(2)18(17-13)12-6-4-5-11(15)9-12/h4-6,8-9H,3,7H2,1-2H3,(H,16,19). The molecule has 1 heterocycles. The first kappa shape index (κ1) is 13.6. The number of hydrogen-bond acceptors (Lipinski definition) is 2. The molecule has 19 heavy (non-hydrogen) atoms. The fourth-order valence-electron chi connectivity index (χ4n) is 1.78. The highest BCUT2D eigenvalue weighted by Crippen LogP contribution is 2.16. The number of benzene rings is 1. The van der Waals surface area contributed by atoms with Gasteiger partial charge >= 0.3 is 0 Å². The summed E-state index contributed by atoms with van der Waals surface area (Å²) in [7, 11) is 0. The van der Waals surface area contributed by atoms with E-state index in [1.54, 1.807) is 16.8 Å². The zero-order chi connectivity index (χ0) is 13.8. The molecule has 1 amide bonds. The van der Waals surface area contributed by atoms with Gasteiger partial charge in [-0.25, -0.2) is 4.68 Å². The Labute approximate surface area is 117 Å². The molecular formula is C14H16ClN3O. The van der Waals surface area contributed by atoms with Crippen molar-refractivity contribution in [1.82, 2.24) is 15.1 Å². The van der Waals surface area contributed by atoms with E-state index in [-0.39, 0.29) is 5.91 Å². The first-order chi connectivity index (χ1) is 9.11. The summed E-state index contributed by atoms with van der Waals surface area (Å²) in [4.78, 5) is 11.9. The Morgan fingerprint density at radius 3 is 2.89 bits per heavy atom. The first-order valence-electron chi connectivity index (χ1n) is 6.22. The van der Waals surface area contributed by atoms with Gasteiger partial charge in [-0.2, -0.15) is 5.10 Å². The van der Waals surface area contributed by atoms with Crippen LogP contribution in [0.4, 0.5) is 0 Å². The third-order valence-corrected chi connectivity index (χ3v) is 2.94. The molecule has 0 radical (unpaired) electrons. The second-order valence-electron chi connectivity index (χ2n) is 4.32. The summed E-state index contributed by atoms with van der Waals surface area (Å²) in [6, 6.07) is 9.15. The van der Waals surface area contributed by atoms with Crippen LogP contribution in [0.5, 0.6) is 0 Å². The number of carbonyl (C=O) groups excluding carboxylic acids is 1. The van der Waals surface area contributed by atoms with Gasteiger partial charge in [-0.15, -0.1) is 0 Å². The lowest BCUT2D eigenvalue weighted by molar-refractivity contribution is 0.0948. The van der Waals surface area contributed by atoms with Crippen LogP contribution in [0.1, 0.15) is 29.5 Å². The molecule has 1 aromatic carbocycles. The van der Waals surface area contributed by atoms with E-state index in [0.29, 0.717) is 17.3 Å². The van der Waals surface area contributed by atoms with E-state index in [1.165, 1.54) is 0 Å². The molecule has 2 aromatic rings. The number of hydrogen-bond donors (Lipinski definition) is 1. The van der Waals surface area contributed by atoms with Crippen LogP contribution in [0.3, 0.4) is 0 Å². The number of nitrogens with one attached hydrogen (secondary N) is 1. The predicted octanol–water partition coefficient (Wildman–Crippen LogP) is 2.97. The average molecular weight is 278 g/mol. The SMILES string of the molecule is CCCNC(=O)c1cc(C)n(-c2cccc(Cl)c2)n1. The lowest BCUT2D eigenvalue weighted by atomic mass is 10.3. The maximum Gasteiger partial charge on any atom is 0.271 e. The van der Waals surface area contributed by atoms with Crippen LogP contribution < -0.4 is 5.32 Å². The highest BCUT2D eigenvalue weighted by molar-refractivity contribution is 6.30. The van der Waals surface area contributed by atoms with Crippen molar-refractivity contribution in [2.75, 3.05) is 6.54 Å². The topological polar surface area (TPSA) is 46.9 Å². The Bertz CT molecular complexity index is 592. The molecule has 0 aliphatic carbocycles. The zero-order valence-electron chi connectivity index (χ0n) is 11.0. The molecule has 0 spiro atoms. The minimum absolute atomic E-state index is 0.147.